The van der Waals surface area contributed by atoms with Crippen LogP contribution in [0.3, 0.4) is 0 Å². The van der Waals surface area contributed by atoms with Gasteiger partial charge in [0.15, 0.2) is 0 Å². The van der Waals surface area contributed by atoms with Crippen LogP contribution in [-0.4, -0.2) is 26.4 Å². The summed E-state index contributed by atoms with van der Waals surface area (Å²) in [5, 5.41) is 3.60. The predicted octanol–water partition coefficient (Wildman–Crippen LogP) is 3.85. The zero-order valence-corrected chi connectivity index (χ0v) is 12.3. The maximum Gasteiger partial charge on any atom is 0.387 e. The van der Waals surface area contributed by atoms with Gasteiger partial charge in [-0.1, -0.05) is 24.9 Å². The molecule has 0 fully saturated rings. The zero-order valence-electron chi connectivity index (χ0n) is 11.5. The number of benzene rings is 1. The highest BCUT2D eigenvalue weighted by atomic mass is 35.5. The van der Waals surface area contributed by atoms with Gasteiger partial charge in [0.05, 0.1) is 6.61 Å². The van der Waals surface area contributed by atoms with E-state index in [2.05, 4.69) is 17.0 Å². The Labute approximate surface area is 123 Å². The van der Waals surface area contributed by atoms with Crippen molar-refractivity contribution < 1.29 is 18.3 Å². The van der Waals surface area contributed by atoms with Gasteiger partial charge in [0.1, 0.15) is 5.75 Å². The molecule has 3 nitrogen and oxygen atoms in total. The van der Waals surface area contributed by atoms with E-state index in [1.54, 1.807) is 6.07 Å². The molecule has 6 heteroatoms. The summed E-state index contributed by atoms with van der Waals surface area (Å²) in [5.74, 6) is 0.142. The van der Waals surface area contributed by atoms with E-state index in [0.29, 0.717) is 30.3 Å². The summed E-state index contributed by atoms with van der Waals surface area (Å²) in [4.78, 5) is 0. The molecule has 0 aliphatic rings. The smallest absolute Gasteiger partial charge is 0.387 e. The maximum atomic E-state index is 12.3. The third kappa shape index (κ3) is 7.03. The summed E-state index contributed by atoms with van der Waals surface area (Å²) in [6.45, 7) is 1.64. The molecule has 0 heterocycles. The molecular weight excluding hydrogens is 288 g/mol. The molecule has 1 aromatic carbocycles. The number of hydrogen-bond acceptors (Lipinski definition) is 3. The zero-order chi connectivity index (χ0) is 14.8. The van der Waals surface area contributed by atoms with E-state index in [1.165, 1.54) is 12.1 Å². The fourth-order valence-electron chi connectivity index (χ4n) is 1.61. The number of ether oxygens (including phenoxy) is 2. The first-order valence-corrected chi connectivity index (χ1v) is 7.03. The third-order valence-corrected chi connectivity index (χ3v) is 2.85. The number of rotatable bonds is 10. The standard InChI is InChI=1S/C14H20ClF2NO2/c1-2-3-7-19-8-6-18-10-11-9-12(15)4-5-13(11)20-14(16)17/h4-5,9,14,18H,2-3,6-8,10H2,1H3. The van der Waals surface area contributed by atoms with Crippen LogP contribution in [0.25, 0.3) is 0 Å². The summed E-state index contributed by atoms with van der Waals surface area (Å²) >= 11 is 5.86. The molecule has 0 aliphatic heterocycles. The van der Waals surface area contributed by atoms with Crippen LogP contribution in [-0.2, 0) is 11.3 Å². The molecular formula is C14H20ClF2NO2. The molecule has 1 rings (SSSR count). The van der Waals surface area contributed by atoms with Crippen LogP contribution in [0.1, 0.15) is 25.3 Å². The van der Waals surface area contributed by atoms with Crippen molar-refractivity contribution in [1.82, 2.24) is 5.32 Å². The first-order valence-electron chi connectivity index (χ1n) is 6.65. The normalized spacial score (nSPS) is 11.1. The topological polar surface area (TPSA) is 30.5 Å². The van der Waals surface area contributed by atoms with Crippen molar-refractivity contribution in [3.8, 4) is 5.75 Å². The molecule has 0 aliphatic carbocycles. The van der Waals surface area contributed by atoms with Crippen molar-refractivity contribution in [2.24, 2.45) is 0 Å². The van der Waals surface area contributed by atoms with Gasteiger partial charge in [-0.3, -0.25) is 0 Å². The molecule has 1 N–H and O–H groups in total. The number of nitrogens with one attached hydrogen (secondary N) is 1. The summed E-state index contributed by atoms with van der Waals surface area (Å²) in [5.41, 5.74) is 0.603. The molecule has 0 saturated heterocycles. The van der Waals surface area contributed by atoms with Crippen LogP contribution in [0.15, 0.2) is 18.2 Å². The Morgan fingerprint density at radius 2 is 2.10 bits per heavy atom. The molecule has 114 valence electrons. The van der Waals surface area contributed by atoms with E-state index < -0.39 is 6.61 Å². The second kappa shape index (κ2) is 9.91. The number of alkyl halides is 2. The van der Waals surface area contributed by atoms with Crippen molar-refractivity contribution in [2.75, 3.05) is 19.8 Å². The van der Waals surface area contributed by atoms with Crippen molar-refractivity contribution >= 4 is 11.6 Å². The average Bonchev–Trinajstić information content (AvgIpc) is 2.40. The molecule has 0 aromatic heterocycles. The quantitative estimate of drug-likeness (QED) is 0.666. The van der Waals surface area contributed by atoms with Gasteiger partial charge in [-0.15, -0.1) is 0 Å². The van der Waals surface area contributed by atoms with E-state index in [0.717, 1.165) is 19.4 Å². The number of hydrogen-bond donors (Lipinski definition) is 1. The van der Waals surface area contributed by atoms with Gasteiger partial charge < -0.3 is 14.8 Å². The van der Waals surface area contributed by atoms with Crippen molar-refractivity contribution in [2.45, 2.75) is 32.9 Å². The van der Waals surface area contributed by atoms with Gasteiger partial charge in [0.2, 0.25) is 0 Å². The van der Waals surface area contributed by atoms with Crippen molar-refractivity contribution in [3.05, 3.63) is 28.8 Å². The van der Waals surface area contributed by atoms with Gasteiger partial charge in [0.25, 0.3) is 0 Å². The molecule has 0 bridgehead atoms. The first-order chi connectivity index (χ1) is 9.63. The van der Waals surface area contributed by atoms with E-state index in [9.17, 15) is 8.78 Å². The van der Waals surface area contributed by atoms with Crippen molar-refractivity contribution in [1.29, 1.82) is 0 Å². The molecule has 0 spiro atoms. The average molecular weight is 308 g/mol. The number of unbranched alkanes of at least 4 members (excludes halogenated alkanes) is 1. The van der Waals surface area contributed by atoms with Crippen LogP contribution in [0.4, 0.5) is 8.78 Å². The summed E-state index contributed by atoms with van der Waals surface area (Å²) in [6.07, 6.45) is 2.14. The van der Waals surface area contributed by atoms with Gasteiger partial charge in [0, 0.05) is 30.3 Å². The first kappa shape index (κ1) is 17.1. The van der Waals surface area contributed by atoms with Crippen LogP contribution in [0.2, 0.25) is 5.02 Å². The minimum Gasteiger partial charge on any atom is -0.434 e. The Bertz CT molecular complexity index is 391. The van der Waals surface area contributed by atoms with Crippen LogP contribution < -0.4 is 10.1 Å². The van der Waals surface area contributed by atoms with Gasteiger partial charge in [-0.25, -0.2) is 0 Å². The lowest BCUT2D eigenvalue weighted by atomic mass is 10.2. The predicted molar refractivity (Wildman–Crippen MR) is 75.5 cm³/mol. The second-order valence-electron chi connectivity index (χ2n) is 4.27. The Kier molecular flexibility index (Phi) is 8.49. The Morgan fingerprint density at radius 1 is 1.30 bits per heavy atom. The molecule has 0 atom stereocenters. The highest BCUT2D eigenvalue weighted by Gasteiger charge is 2.09. The Hall–Kier alpha value is -0.910. The Balaban J connectivity index is 2.36. The lowest BCUT2D eigenvalue weighted by Gasteiger charge is -2.12. The van der Waals surface area contributed by atoms with E-state index >= 15 is 0 Å². The monoisotopic (exact) mass is 307 g/mol. The molecule has 0 unspecified atom stereocenters. The number of halogens is 3. The van der Waals surface area contributed by atoms with Gasteiger partial charge >= 0.3 is 6.61 Å². The lowest BCUT2D eigenvalue weighted by molar-refractivity contribution is -0.0505. The highest BCUT2D eigenvalue weighted by molar-refractivity contribution is 6.30. The summed E-state index contributed by atoms with van der Waals surface area (Å²) in [7, 11) is 0. The fourth-order valence-corrected chi connectivity index (χ4v) is 1.81. The lowest BCUT2D eigenvalue weighted by Crippen LogP contribution is -2.20. The molecule has 0 radical (unpaired) electrons. The van der Waals surface area contributed by atoms with E-state index in [-0.39, 0.29) is 5.75 Å². The largest absolute Gasteiger partial charge is 0.434 e. The highest BCUT2D eigenvalue weighted by Crippen LogP contribution is 2.24. The minimum absolute atomic E-state index is 0.142. The molecule has 1 aromatic rings. The van der Waals surface area contributed by atoms with Crippen LogP contribution in [0, 0.1) is 0 Å². The minimum atomic E-state index is -2.84. The van der Waals surface area contributed by atoms with Crippen LogP contribution >= 0.6 is 11.6 Å². The summed E-state index contributed by atoms with van der Waals surface area (Å²) in [6, 6.07) is 4.59. The van der Waals surface area contributed by atoms with E-state index in [4.69, 9.17) is 16.3 Å². The molecule has 20 heavy (non-hydrogen) atoms. The Morgan fingerprint density at radius 3 is 2.80 bits per heavy atom. The third-order valence-electron chi connectivity index (χ3n) is 2.62. The van der Waals surface area contributed by atoms with Gasteiger partial charge in [-0.05, 0) is 24.6 Å². The van der Waals surface area contributed by atoms with Crippen LogP contribution in [0.5, 0.6) is 5.75 Å². The summed E-state index contributed by atoms with van der Waals surface area (Å²) < 4.78 is 34.4. The van der Waals surface area contributed by atoms with E-state index in [1.807, 2.05) is 0 Å². The fraction of sp³-hybridized carbons (Fsp3) is 0.571. The second-order valence-corrected chi connectivity index (χ2v) is 4.71. The molecule has 0 saturated carbocycles. The van der Waals surface area contributed by atoms with Crippen molar-refractivity contribution in [3.63, 3.8) is 0 Å². The SMILES string of the molecule is CCCCOCCNCc1cc(Cl)ccc1OC(F)F. The maximum absolute atomic E-state index is 12.3. The van der Waals surface area contributed by atoms with Gasteiger partial charge in [-0.2, -0.15) is 8.78 Å². The molecule has 0 amide bonds.